The van der Waals surface area contributed by atoms with Gasteiger partial charge in [0.15, 0.2) is 0 Å². The van der Waals surface area contributed by atoms with Gasteiger partial charge < -0.3 is 10.0 Å². The number of thiophene rings is 1. The van der Waals surface area contributed by atoms with E-state index in [9.17, 15) is 26.7 Å². The molecule has 0 amide bonds. The summed E-state index contributed by atoms with van der Waals surface area (Å²) in [7, 11) is -7.64. The highest BCUT2D eigenvalue weighted by Gasteiger charge is 2.32. The Hall–Kier alpha value is -1.25. The number of hydrogen-bond acceptors (Lipinski definition) is 8. The monoisotopic (exact) mass is 798 g/mol. The SMILES string of the molecule is C#CCC(NS(=O)(=O)c1cnc(N2CCC(CCCC3CCN(S(=O)(=O)c4cc(Br)c(Cl)s4)CC3)CC2)c(Br)c1)C(=O)O. The summed E-state index contributed by atoms with van der Waals surface area (Å²) in [5, 5.41) is 9.22. The van der Waals surface area contributed by atoms with Crippen molar-refractivity contribution < 1.29 is 26.7 Å². The van der Waals surface area contributed by atoms with Gasteiger partial charge in [0.25, 0.3) is 10.0 Å². The third kappa shape index (κ3) is 8.72. The molecule has 10 nitrogen and oxygen atoms in total. The van der Waals surface area contributed by atoms with Crippen LogP contribution in [0.1, 0.15) is 51.4 Å². The first-order valence-corrected chi connectivity index (χ1v) is 19.6. The Kier molecular flexibility index (Phi) is 12.0. The summed E-state index contributed by atoms with van der Waals surface area (Å²) in [6.07, 6.45) is 13.2. The first-order valence-electron chi connectivity index (χ1n) is 13.9. The first-order chi connectivity index (χ1) is 20.3. The second-order valence-electron chi connectivity index (χ2n) is 10.8. The van der Waals surface area contributed by atoms with Crippen LogP contribution in [0.25, 0.3) is 0 Å². The van der Waals surface area contributed by atoms with E-state index in [1.807, 2.05) is 0 Å². The molecule has 236 valence electrons. The number of aliphatic carboxylic acids is 1. The number of carboxylic acids is 1. The molecule has 4 heterocycles. The normalized spacial score (nSPS) is 18.4. The van der Waals surface area contributed by atoms with Gasteiger partial charge in [-0.25, -0.2) is 21.8 Å². The molecule has 2 N–H and O–H groups in total. The van der Waals surface area contributed by atoms with Crippen LogP contribution in [0.5, 0.6) is 0 Å². The zero-order valence-corrected chi connectivity index (χ0v) is 29.6. The number of sulfonamides is 2. The number of pyridine rings is 1. The molecule has 1 unspecified atom stereocenters. The Bertz CT molecular complexity index is 1550. The Morgan fingerprint density at radius 1 is 1.09 bits per heavy atom. The van der Waals surface area contributed by atoms with Crippen molar-refractivity contribution in [2.45, 2.75) is 66.5 Å². The first kappa shape index (κ1) is 34.6. The van der Waals surface area contributed by atoms with Gasteiger partial charge in [0, 0.05) is 43.3 Å². The molecule has 0 aromatic carbocycles. The van der Waals surface area contributed by atoms with E-state index in [0.717, 1.165) is 69.4 Å². The van der Waals surface area contributed by atoms with Gasteiger partial charge in [0.2, 0.25) is 10.0 Å². The fourth-order valence-corrected chi connectivity index (χ4v) is 11.3. The molecule has 2 aromatic heterocycles. The van der Waals surface area contributed by atoms with E-state index in [1.165, 1.54) is 12.3 Å². The molecule has 2 saturated heterocycles. The average molecular weight is 801 g/mol. The van der Waals surface area contributed by atoms with Gasteiger partial charge in [-0.05, 0) is 81.5 Å². The van der Waals surface area contributed by atoms with E-state index >= 15 is 0 Å². The van der Waals surface area contributed by atoms with Crippen LogP contribution in [-0.2, 0) is 24.8 Å². The topological polar surface area (TPSA) is 137 Å². The number of aromatic nitrogens is 1. The number of nitrogens with zero attached hydrogens (tertiary/aromatic N) is 3. The Morgan fingerprint density at radius 2 is 1.70 bits per heavy atom. The highest BCUT2D eigenvalue weighted by Crippen LogP contribution is 2.37. The molecule has 2 fully saturated rings. The number of piperidine rings is 2. The highest BCUT2D eigenvalue weighted by atomic mass is 79.9. The summed E-state index contributed by atoms with van der Waals surface area (Å²) in [6.45, 7) is 2.65. The maximum absolute atomic E-state index is 13.0. The quantitative estimate of drug-likeness (QED) is 0.267. The molecule has 16 heteroatoms. The fraction of sp³-hybridized carbons (Fsp3) is 0.556. The molecule has 2 aliphatic heterocycles. The minimum Gasteiger partial charge on any atom is -0.480 e. The van der Waals surface area contributed by atoms with Crippen molar-refractivity contribution in [2.75, 3.05) is 31.1 Å². The van der Waals surface area contributed by atoms with Crippen molar-refractivity contribution in [3.63, 3.8) is 0 Å². The van der Waals surface area contributed by atoms with E-state index in [0.29, 0.717) is 44.0 Å². The van der Waals surface area contributed by atoms with Crippen LogP contribution in [0.4, 0.5) is 5.82 Å². The van der Waals surface area contributed by atoms with E-state index < -0.39 is 32.1 Å². The van der Waals surface area contributed by atoms with Crippen molar-refractivity contribution in [2.24, 2.45) is 11.8 Å². The molecule has 0 spiro atoms. The largest absolute Gasteiger partial charge is 0.480 e. The Labute approximate surface area is 278 Å². The molecule has 4 rings (SSSR count). The number of rotatable bonds is 12. The van der Waals surface area contributed by atoms with Crippen LogP contribution in [0, 0.1) is 24.2 Å². The maximum atomic E-state index is 13.0. The van der Waals surface area contributed by atoms with Crippen molar-refractivity contribution >= 4 is 86.6 Å². The summed E-state index contributed by atoms with van der Waals surface area (Å²) in [4.78, 5) is 17.7. The number of halogens is 3. The molecule has 0 saturated carbocycles. The zero-order valence-electron chi connectivity index (χ0n) is 23.2. The number of carbonyl (C=O) groups is 1. The maximum Gasteiger partial charge on any atom is 0.322 e. The van der Waals surface area contributed by atoms with E-state index in [4.69, 9.17) is 18.0 Å². The van der Waals surface area contributed by atoms with Crippen LogP contribution in [0.15, 0.2) is 36.4 Å². The average Bonchev–Trinajstić information content (AvgIpc) is 3.32. The van der Waals surface area contributed by atoms with Crippen molar-refractivity contribution in [3.05, 3.63) is 31.6 Å². The lowest BCUT2D eigenvalue weighted by atomic mass is 9.87. The van der Waals surface area contributed by atoms with Crippen LogP contribution >= 0.6 is 54.8 Å². The molecule has 2 aliphatic rings. The van der Waals surface area contributed by atoms with Gasteiger partial charge >= 0.3 is 5.97 Å². The lowest BCUT2D eigenvalue weighted by Crippen LogP contribution is -2.40. The Balaban J connectivity index is 1.21. The lowest BCUT2D eigenvalue weighted by molar-refractivity contribution is -0.138. The van der Waals surface area contributed by atoms with Gasteiger partial charge in [-0.3, -0.25) is 4.79 Å². The molecule has 0 radical (unpaired) electrons. The van der Waals surface area contributed by atoms with E-state index in [1.54, 1.807) is 10.4 Å². The zero-order chi connectivity index (χ0) is 31.4. The van der Waals surface area contributed by atoms with Crippen LogP contribution in [-0.4, -0.2) is 69.4 Å². The van der Waals surface area contributed by atoms with Crippen LogP contribution in [0.3, 0.4) is 0 Å². The van der Waals surface area contributed by atoms with Gasteiger partial charge in [-0.15, -0.1) is 23.7 Å². The third-order valence-electron chi connectivity index (χ3n) is 7.95. The second-order valence-corrected chi connectivity index (χ2v) is 18.0. The summed E-state index contributed by atoms with van der Waals surface area (Å²) < 4.78 is 56.9. The Morgan fingerprint density at radius 3 is 2.21 bits per heavy atom. The fourth-order valence-electron chi connectivity index (χ4n) is 5.49. The van der Waals surface area contributed by atoms with Crippen molar-refractivity contribution in [1.29, 1.82) is 0 Å². The van der Waals surface area contributed by atoms with Crippen molar-refractivity contribution in [1.82, 2.24) is 14.0 Å². The predicted molar refractivity (Wildman–Crippen MR) is 174 cm³/mol. The summed E-state index contributed by atoms with van der Waals surface area (Å²) in [5.74, 6) is 2.58. The van der Waals surface area contributed by atoms with Crippen LogP contribution < -0.4 is 9.62 Å². The molecule has 43 heavy (non-hydrogen) atoms. The molecule has 1 atom stereocenters. The smallest absolute Gasteiger partial charge is 0.322 e. The summed E-state index contributed by atoms with van der Waals surface area (Å²) >= 11 is 13.9. The summed E-state index contributed by atoms with van der Waals surface area (Å²) in [5.41, 5.74) is 0. The molecular weight excluding hydrogens is 768 g/mol. The molecule has 2 aromatic rings. The minimum absolute atomic E-state index is 0.145. The number of hydrogen-bond donors (Lipinski definition) is 2. The van der Waals surface area contributed by atoms with Crippen LogP contribution in [0.2, 0.25) is 4.34 Å². The molecule has 0 bridgehead atoms. The molecular formula is C27H33Br2ClN4O6S3. The van der Waals surface area contributed by atoms with Crippen molar-refractivity contribution in [3.8, 4) is 12.3 Å². The van der Waals surface area contributed by atoms with Gasteiger partial charge in [0.05, 0.1) is 4.47 Å². The molecule has 0 aliphatic carbocycles. The second kappa shape index (κ2) is 14.9. The summed E-state index contributed by atoms with van der Waals surface area (Å²) in [6, 6.07) is 1.58. The standard InChI is InChI=1S/C27H33Br2ClN4O6S3/c1-2-4-23(27(35)36)32-42(37,38)20-15-22(29)26(31-17-20)33-11-7-18(8-12-33)5-3-6-19-9-13-34(14-10-19)43(39,40)24-16-21(28)25(30)41-24/h1,15-19,23,32H,3-14H2,(H,35,36). The number of anilines is 1. The van der Waals surface area contributed by atoms with Gasteiger partial charge in [-0.2, -0.15) is 9.03 Å². The minimum atomic E-state index is -4.13. The predicted octanol–water partition coefficient (Wildman–Crippen LogP) is 5.56. The number of terminal acetylenes is 1. The van der Waals surface area contributed by atoms with E-state index in [2.05, 4.69) is 52.4 Å². The third-order valence-corrected chi connectivity index (χ3v) is 14.8. The van der Waals surface area contributed by atoms with E-state index in [-0.39, 0.29) is 15.5 Å². The van der Waals surface area contributed by atoms with Gasteiger partial charge in [-0.1, -0.05) is 30.9 Å². The number of carboxylic acid groups (broad SMARTS) is 1. The number of nitrogens with one attached hydrogen (secondary N) is 1. The van der Waals surface area contributed by atoms with Gasteiger partial charge in [0.1, 0.15) is 25.3 Å². The lowest BCUT2D eigenvalue weighted by Gasteiger charge is -2.34. The highest BCUT2D eigenvalue weighted by molar-refractivity contribution is 9.11.